The maximum absolute atomic E-state index is 12.5. The van der Waals surface area contributed by atoms with Crippen LogP contribution in [0, 0.1) is 5.92 Å². The molecular formula is C11H19F3N2. The SMILES string of the molecule is FC(F)(F)C1CCN(C2CCNCC2)CC1. The highest BCUT2D eigenvalue weighted by atomic mass is 19.4. The summed E-state index contributed by atoms with van der Waals surface area (Å²) in [5.74, 6) is -1.06. The number of rotatable bonds is 1. The van der Waals surface area contributed by atoms with Crippen LogP contribution in [0.3, 0.4) is 0 Å². The van der Waals surface area contributed by atoms with Crippen molar-refractivity contribution in [2.75, 3.05) is 26.2 Å². The molecule has 0 aromatic heterocycles. The summed E-state index contributed by atoms with van der Waals surface area (Å²) in [4.78, 5) is 2.25. The van der Waals surface area contributed by atoms with Gasteiger partial charge in [-0.05, 0) is 51.9 Å². The first kappa shape index (κ1) is 12.2. The number of hydrogen-bond donors (Lipinski definition) is 1. The molecule has 2 fully saturated rings. The van der Waals surface area contributed by atoms with Crippen LogP contribution in [0.1, 0.15) is 25.7 Å². The lowest BCUT2D eigenvalue weighted by Crippen LogP contribution is -2.48. The third-order valence-electron chi connectivity index (χ3n) is 3.82. The van der Waals surface area contributed by atoms with Crippen LogP contribution in [0.2, 0.25) is 0 Å². The van der Waals surface area contributed by atoms with Gasteiger partial charge in [0, 0.05) is 6.04 Å². The summed E-state index contributed by atoms with van der Waals surface area (Å²) < 4.78 is 37.4. The summed E-state index contributed by atoms with van der Waals surface area (Å²) in [6.07, 6.45) is -1.26. The minimum Gasteiger partial charge on any atom is -0.317 e. The molecule has 94 valence electrons. The molecule has 2 heterocycles. The second kappa shape index (κ2) is 4.92. The van der Waals surface area contributed by atoms with Crippen molar-refractivity contribution in [3.63, 3.8) is 0 Å². The van der Waals surface area contributed by atoms with Crippen molar-refractivity contribution in [3.8, 4) is 0 Å². The van der Waals surface area contributed by atoms with Crippen LogP contribution in [0.5, 0.6) is 0 Å². The van der Waals surface area contributed by atoms with E-state index in [1.54, 1.807) is 0 Å². The molecule has 0 saturated carbocycles. The largest absolute Gasteiger partial charge is 0.391 e. The molecule has 0 aromatic rings. The smallest absolute Gasteiger partial charge is 0.317 e. The predicted octanol–water partition coefficient (Wildman–Crippen LogP) is 2.01. The van der Waals surface area contributed by atoms with Crippen molar-refractivity contribution in [2.24, 2.45) is 5.92 Å². The fourth-order valence-electron chi connectivity index (χ4n) is 2.76. The number of nitrogens with zero attached hydrogens (tertiary/aromatic N) is 1. The van der Waals surface area contributed by atoms with Crippen LogP contribution in [0.15, 0.2) is 0 Å². The van der Waals surface area contributed by atoms with Crippen molar-refractivity contribution < 1.29 is 13.2 Å². The Hall–Kier alpha value is -0.290. The Morgan fingerprint density at radius 2 is 1.50 bits per heavy atom. The van der Waals surface area contributed by atoms with E-state index in [2.05, 4.69) is 10.2 Å². The number of piperidine rings is 2. The lowest BCUT2D eigenvalue weighted by Gasteiger charge is -2.39. The lowest BCUT2D eigenvalue weighted by molar-refractivity contribution is -0.186. The molecule has 2 aliphatic heterocycles. The van der Waals surface area contributed by atoms with Gasteiger partial charge in [-0.3, -0.25) is 0 Å². The molecular weight excluding hydrogens is 217 g/mol. The second-order valence-corrected chi connectivity index (χ2v) is 4.83. The molecule has 5 heteroatoms. The van der Waals surface area contributed by atoms with Crippen LogP contribution in [-0.2, 0) is 0 Å². The Morgan fingerprint density at radius 1 is 0.938 bits per heavy atom. The average molecular weight is 236 g/mol. The van der Waals surface area contributed by atoms with Crippen LogP contribution in [0.25, 0.3) is 0 Å². The zero-order valence-electron chi connectivity index (χ0n) is 9.39. The zero-order valence-corrected chi connectivity index (χ0v) is 9.39. The van der Waals surface area contributed by atoms with Crippen LogP contribution >= 0.6 is 0 Å². The normalized spacial score (nSPS) is 27.2. The standard InChI is InChI=1S/C11H19F3N2/c12-11(13,14)9-3-7-16(8-4-9)10-1-5-15-6-2-10/h9-10,15H,1-8H2. The van der Waals surface area contributed by atoms with Gasteiger partial charge in [0.05, 0.1) is 5.92 Å². The highest BCUT2D eigenvalue weighted by Crippen LogP contribution is 2.35. The van der Waals surface area contributed by atoms with Crippen LogP contribution < -0.4 is 5.32 Å². The van der Waals surface area contributed by atoms with Gasteiger partial charge in [0.25, 0.3) is 0 Å². The average Bonchev–Trinajstić information content (AvgIpc) is 2.29. The van der Waals surface area contributed by atoms with Gasteiger partial charge in [-0.15, -0.1) is 0 Å². The van der Waals surface area contributed by atoms with Crippen molar-refractivity contribution in [1.82, 2.24) is 10.2 Å². The topological polar surface area (TPSA) is 15.3 Å². The number of alkyl halides is 3. The minimum atomic E-state index is -3.99. The van der Waals surface area contributed by atoms with Crippen molar-refractivity contribution in [1.29, 1.82) is 0 Å². The van der Waals surface area contributed by atoms with Gasteiger partial charge in [0.2, 0.25) is 0 Å². The summed E-state index contributed by atoms with van der Waals surface area (Å²) in [5, 5.41) is 3.28. The molecule has 0 amide bonds. The lowest BCUT2D eigenvalue weighted by atomic mass is 9.93. The van der Waals surface area contributed by atoms with E-state index < -0.39 is 12.1 Å². The molecule has 0 spiro atoms. The Labute approximate surface area is 94.2 Å². The van der Waals surface area contributed by atoms with E-state index in [1.807, 2.05) is 0 Å². The van der Waals surface area contributed by atoms with E-state index >= 15 is 0 Å². The molecule has 1 N–H and O–H groups in total. The van der Waals surface area contributed by atoms with E-state index in [0.29, 0.717) is 19.1 Å². The molecule has 2 aliphatic rings. The third kappa shape index (κ3) is 2.88. The van der Waals surface area contributed by atoms with E-state index in [0.717, 1.165) is 25.9 Å². The Balaban J connectivity index is 1.80. The summed E-state index contributed by atoms with van der Waals surface area (Å²) in [6.45, 7) is 3.25. The monoisotopic (exact) mass is 236 g/mol. The van der Waals surface area contributed by atoms with Gasteiger partial charge in [0.15, 0.2) is 0 Å². The molecule has 0 bridgehead atoms. The van der Waals surface area contributed by atoms with E-state index in [9.17, 15) is 13.2 Å². The molecule has 0 radical (unpaired) electrons. The van der Waals surface area contributed by atoms with Crippen molar-refractivity contribution >= 4 is 0 Å². The summed E-state index contributed by atoms with van der Waals surface area (Å²) in [7, 11) is 0. The first-order valence-corrected chi connectivity index (χ1v) is 6.09. The maximum atomic E-state index is 12.5. The van der Waals surface area contributed by atoms with Crippen molar-refractivity contribution in [2.45, 2.75) is 37.9 Å². The highest BCUT2D eigenvalue weighted by Gasteiger charge is 2.41. The molecule has 16 heavy (non-hydrogen) atoms. The molecule has 0 atom stereocenters. The van der Waals surface area contributed by atoms with E-state index in [1.165, 1.54) is 0 Å². The van der Waals surface area contributed by atoms with Gasteiger partial charge in [-0.2, -0.15) is 13.2 Å². The predicted molar refractivity (Wildman–Crippen MR) is 56.2 cm³/mol. The minimum absolute atomic E-state index is 0.285. The number of halogens is 3. The molecule has 0 aromatic carbocycles. The Kier molecular flexibility index (Phi) is 3.74. The van der Waals surface area contributed by atoms with Gasteiger partial charge in [0.1, 0.15) is 0 Å². The molecule has 2 saturated heterocycles. The van der Waals surface area contributed by atoms with Crippen molar-refractivity contribution in [3.05, 3.63) is 0 Å². The molecule has 0 unspecified atom stereocenters. The van der Waals surface area contributed by atoms with Gasteiger partial charge in [-0.1, -0.05) is 0 Å². The first-order valence-electron chi connectivity index (χ1n) is 6.09. The number of hydrogen-bond acceptors (Lipinski definition) is 2. The fraction of sp³-hybridized carbons (Fsp3) is 1.00. The highest BCUT2D eigenvalue weighted by molar-refractivity contribution is 4.83. The van der Waals surface area contributed by atoms with Crippen LogP contribution in [0.4, 0.5) is 13.2 Å². The summed E-state index contributed by atoms with van der Waals surface area (Å²) in [5.41, 5.74) is 0. The molecule has 2 rings (SSSR count). The second-order valence-electron chi connectivity index (χ2n) is 4.83. The van der Waals surface area contributed by atoms with Gasteiger partial charge in [-0.25, -0.2) is 0 Å². The van der Waals surface area contributed by atoms with Crippen LogP contribution in [-0.4, -0.2) is 43.3 Å². The zero-order chi connectivity index (χ0) is 11.6. The van der Waals surface area contributed by atoms with E-state index in [-0.39, 0.29) is 12.8 Å². The maximum Gasteiger partial charge on any atom is 0.391 e. The van der Waals surface area contributed by atoms with Gasteiger partial charge >= 0.3 is 6.18 Å². The fourth-order valence-corrected chi connectivity index (χ4v) is 2.76. The molecule has 0 aliphatic carbocycles. The van der Waals surface area contributed by atoms with E-state index in [4.69, 9.17) is 0 Å². The first-order chi connectivity index (χ1) is 7.57. The molecule has 2 nitrogen and oxygen atoms in total. The summed E-state index contributed by atoms with van der Waals surface area (Å²) >= 11 is 0. The number of likely N-dealkylation sites (tertiary alicyclic amines) is 1. The summed E-state index contributed by atoms with van der Waals surface area (Å²) in [6, 6.07) is 0.510. The Bertz CT molecular complexity index is 216. The Morgan fingerprint density at radius 3 is 2.00 bits per heavy atom. The van der Waals surface area contributed by atoms with Gasteiger partial charge < -0.3 is 10.2 Å². The number of nitrogens with one attached hydrogen (secondary N) is 1. The quantitative estimate of drug-likeness (QED) is 0.749. The third-order valence-corrected chi connectivity index (χ3v) is 3.82.